The van der Waals surface area contributed by atoms with Gasteiger partial charge in [0.1, 0.15) is 0 Å². The number of aliphatic hydroxyl groups excluding tert-OH is 1. The Kier molecular flexibility index (Phi) is 6.05. The zero-order valence-corrected chi connectivity index (χ0v) is 15.2. The second-order valence-corrected chi connectivity index (χ2v) is 8.48. The predicted molar refractivity (Wildman–Crippen MR) is 98.3 cm³/mol. The maximum Gasteiger partial charge on any atom is 0.244 e. The second-order valence-electron chi connectivity index (χ2n) is 6.37. The van der Waals surface area contributed by atoms with Gasteiger partial charge in [-0.3, -0.25) is 15.0 Å². The molecule has 0 radical (unpaired) electrons. The summed E-state index contributed by atoms with van der Waals surface area (Å²) in [6, 6.07) is 10.00. The molecule has 2 atom stereocenters. The minimum Gasteiger partial charge on any atom is -0.361 e. The number of hydrogen-bond acceptors (Lipinski definition) is 6. The van der Waals surface area contributed by atoms with Crippen LogP contribution in [0.3, 0.4) is 0 Å². The number of benzene rings is 1. The lowest BCUT2D eigenvalue weighted by atomic mass is 10.2. The van der Waals surface area contributed by atoms with E-state index in [0.29, 0.717) is 26.2 Å². The number of piperazine rings is 1. The number of carbonyl (C=O) groups excluding carboxylic acids is 1. The largest absolute Gasteiger partial charge is 0.361 e. The first-order chi connectivity index (χ1) is 12.5. The Hall–Kier alpha value is -1.78. The lowest BCUT2D eigenvalue weighted by Crippen LogP contribution is -2.63. The average Bonchev–Trinajstić information content (AvgIpc) is 2.63. The molecule has 2 fully saturated rings. The van der Waals surface area contributed by atoms with Crippen LogP contribution in [0.15, 0.2) is 36.4 Å². The highest BCUT2D eigenvalue weighted by Gasteiger charge is 2.41. The van der Waals surface area contributed by atoms with Crippen molar-refractivity contribution in [2.24, 2.45) is 0 Å². The van der Waals surface area contributed by atoms with Gasteiger partial charge in [-0.05, 0) is 5.56 Å². The van der Waals surface area contributed by atoms with Crippen molar-refractivity contribution in [2.45, 2.75) is 11.6 Å². The van der Waals surface area contributed by atoms with Gasteiger partial charge in [0.25, 0.3) is 0 Å². The van der Waals surface area contributed by atoms with E-state index in [1.54, 1.807) is 0 Å². The summed E-state index contributed by atoms with van der Waals surface area (Å²) < 4.78 is 26.7. The van der Waals surface area contributed by atoms with Gasteiger partial charge in [0.2, 0.25) is 15.9 Å². The molecule has 2 aliphatic heterocycles. The lowest BCUT2D eigenvalue weighted by molar-refractivity contribution is -0.126. The van der Waals surface area contributed by atoms with Crippen molar-refractivity contribution in [1.82, 2.24) is 19.8 Å². The highest BCUT2D eigenvalue weighted by Crippen LogP contribution is 2.15. The third-order valence-electron chi connectivity index (χ3n) is 4.59. The number of nitrogens with zero attached hydrogens (tertiary/aromatic N) is 2. The van der Waals surface area contributed by atoms with Gasteiger partial charge >= 0.3 is 0 Å². The molecular formula is C17H24N4O4S. The number of aliphatic hydroxyl groups is 1. The Morgan fingerprint density at radius 1 is 1.15 bits per heavy atom. The fraction of sp³-hybridized carbons (Fsp3) is 0.471. The summed E-state index contributed by atoms with van der Waals surface area (Å²) >= 11 is 0. The molecule has 1 aromatic rings. The number of rotatable bonds is 5. The van der Waals surface area contributed by atoms with Gasteiger partial charge in [0.05, 0.1) is 0 Å². The van der Waals surface area contributed by atoms with E-state index in [1.165, 1.54) is 4.31 Å². The molecular weight excluding hydrogens is 356 g/mol. The fourth-order valence-corrected chi connectivity index (χ4v) is 4.76. The van der Waals surface area contributed by atoms with E-state index in [4.69, 9.17) is 0 Å². The monoisotopic (exact) mass is 380 g/mol. The number of carbonyl (C=O) groups is 1. The number of amides is 1. The van der Waals surface area contributed by atoms with Crippen LogP contribution >= 0.6 is 0 Å². The van der Waals surface area contributed by atoms with Crippen LogP contribution in [0.25, 0.3) is 6.08 Å². The first-order valence-corrected chi connectivity index (χ1v) is 10.1. The van der Waals surface area contributed by atoms with Gasteiger partial charge in [0, 0.05) is 39.3 Å². The Morgan fingerprint density at radius 2 is 1.85 bits per heavy atom. The maximum absolute atomic E-state index is 12.7. The second kappa shape index (κ2) is 8.28. The minimum atomic E-state index is -3.74. The van der Waals surface area contributed by atoms with Gasteiger partial charge in [-0.1, -0.05) is 42.5 Å². The number of hydrogen-bond donors (Lipinski definition) is 3. The summed E-state index contributed by atoms with van der Waals surface area (Å²) in [5, 5.41) is 12.9. The molecule has 26 heavy (non-hydrogen) atoms. The quantitative estimate of drug-likeness (QED) is 0.606. The topological polar surface area (TPSA) is 102 Å². The third kappa shape index (κ3) is 4.49. The van der Waals surface area contributed by atoms with Crippen LogP contribution in [0.2, 0.25) is 0 Å². The van der Waals surface area contributed by atoms with Crippen molar-refractivity contribution in [3.8, 4) is 0 Å². The van der Waals surface area contributed by atoms with Crippen molar-refractivity contribution >= 4 is 22.0 Å². The van der Waals surface area contributed by atoms with Crippen LogP contribution in [0.4, 0.5) is 0 Å². The predicted octanol–water partition coefficient (Wildman–Crippen LogP) is -0.989. The highest BCUT2D eigenvalue weighted by molar-refractivity contribution is 7.90. The number of sulfonamides is 1. The highest BCUT2D eigenvalue weighted by atomic mass is 32.2. The van der Waals surface area contributed by atoms with Gasteiger partial charge in [-0.15, -0.1) is 0 Å². The molecule has 0 aliphatic carbocycles. The van der Waals surface area contributed by atoms with E-state index in [9.17, 15) is 18.3 Å². The van der Waals surface area contributed by atoms with Crippen LogP contribution in [0.5, 0.6) is 0 Å². The van der Waals surface area contributed by atoms with Crippen LogP contribution < -0.4 is 10.6 Å². The van der Waals surface area contributed by atoms with E-state index in [2.05, 4.69) is 21.6 Å². The summed E-state index contributed by atoms with van der Waals surface area (Å²) in [7, 11) is -3.74. The van der Waals surface area contributed by atoms with Gasteiger partial charge in [0.15, 0.2) is 11.6 Å². The maximum atomic E-state index is 12.7. The molecule has 142 valence electrons. The molecule has 3 rings (SSSR count). The van der Waals surface area contributed by atoms with E-state index in [0.717, 1.165) is 12.1 Å². The van der Waals surface area contributed by atoms with E-state index < -0.39 is 27.5 Å². The van der Waals surface area contributed by atoms with Crippen molar-refractivity contribution in [2.75, 3.05) is 39.3 Å². The third-order valence-corrected chi connectivity index (χ3v) is 6.78. The molecule has 0 bridgehead atoms. The summed E-state index contributed by atoms with van der Waals surface area (Å²) in [4.78, 5) is 14.1. The van der Waals surface area contributed by atoms with Crippen LogP contribution in [-0.4, -0.2) is 79.5 Å². The fourth-order valence-electron chi connectivity index (χ4n) is 3.08. The lowest BCUT2D eigenvalue weighted by Gasteiger charge is -2.36. The van der Waals surface area contributed by atoms with Crippen molar-refractivity contribution < 1.29 is 18.3 Å². The Morgan fingerprint density at radius 3 is 2.50 bits per heavy atom. The first kappa shape index (κ1) is 19.0. The van der Waals surface area contributed by atoms with E-state index in [1.807, 2.05) is 36.4 Å². The van der Waals surface area contributed by atoms with Crippen molar-refractivity contribution in [3.05, 3.63) is 42.0 Å². The molecule has 1 aromatic carbocycles. The average molecular weight is 380 g/mol. The summed E-state index contributed by atoms with van der Waals surface area (Å²) in [5.41, 5.74) is 1.13. The Labute approximate surface area is 153 Å². The Bertz CT molecular complexity index is 745. The molecule has 9 heteroatoms. The molecule has 0 saturated carbocycles. The van der Waals surface area contributed by atoms with Gasteiger partial charge in [-0.25, -0.2) is 8.42 Å². The van der Waals surface area contributed by atoms with Gasteiger partial charge < -0.3 is 10.4 Å². The van der Waals surface area contributed by atoms with Crippen molar-refractivity contribution in [1.29, 1.82) is 0 Å². The SMILES string of the molecule is O=C1NC(O)NCC1S(=O)(=O)N1CCN(C/C=C/c2ccccc2)CC1. The molecule has 8 nitrogen and oxygen atoms in total. The van der Waals surface area contributed by atoms with Gasteiger partial charge in [-0.2, -0.15) is 4.31 Å². The van der Waals surface area contributed by atoms with Crippen LogP contribution in [0, 0.1) is 0 Å². The molecule has 1 amide bonds. The summed E-state index contributed by atoms with van der Waals surface area (Å²) in [5.74, 6) is -0.663. The molecule has 2 saturated heterocycles. The minimum absolute atomic E-state index is 0.0879. The molecule has 2 aliphatic rings. The standard InChI is InChI=1S/C17H24N4O4S/c22-16-15(13-18-17(23)19-16)26(24,25)21-11-9-20(10-12-21)8-4-7-14-5-2-1-3-6-14/h1-7,15,17-18,23H,8-13H2,(H,19,22)/b7-4+. The summed E-state index contributed by atoms with van der Waals surface area (Å²) in [6.07, 6.45) is 2.92. The molecule has 2 heterocycles. The first-order valence-electron chi connectivity index (χ1n) is 8.61. The van der Waals surface area contributed by atoms with Crippen LogP contribution in [0.1, 0.15) is 5.56 Å². The zero-order chi connectivity index (χ0) is 18.6. The Balaban J connectivity index is 1.51. The molecule has 0 aromatic heterocycles. The molecule has 3 N–H and O–H groups in total. The zero-order valence-electron chi connectivity index (χ0n) is 14.4. The van der Waals surface area contributed by atoms with E-state index in [-0.39, 0.29) is 6.54 Å². The normalized spacial score (nSPS) is 26.1. The van der Waals surface area contributed by atoms with E-state index >= 15 is 0 Å². The number of nitrogens with one attached hydrogen (secondary N) is 2. The van der Waals surface area contributed by atoms with Crippen LogP contribution in [-0.2, 0) is 14.8 Å². The summed E-state index contributed by atoms with van der Waals surface area (Å²) in [6.45, 7) is 2.60. The smallest absolute Gasteiger partial charge is 0.244 e. The molecule has 0 spiro atoms. The van der Waals surface area contributed by atoms with Crippen molar-refractivity contribution in [3.63, 3.8) is 0 Å². The molecule has 2 unspecified atom stereocenters.